The van der Waals surface area contributed by atoms with Gasteiger partial charge in [-0.3, -0.25) is 9.78 Å². The Hall–Kier alpha value is -2.28. The zero-order valence-electron chi connectivity index (χ0n) is 10.1. The van der Waals surface area contributed by atoms with Gasteiger partial charge in [-0.25, -0.2) is 9.78 Å². The average molecular weight is 277 g/mol. The van der Waals surface area contributed by atoms with Gasteiger partial charge in [0.25, 0.3) is 5.91 Å². The molecule has 19 heavy (non-hydrogen) atoms. The number of pyridine rings is 1. The fraction of sp³-hybridized carbons (Fsp3) is 0.167. The summed E-state index contributed by atoms with van der Waals surface area (Å²) in [6.07, 6.45) is 1.50. The minimum absolute atomic E-state index is 0.00810. The highest BCUT2D eigenvalue weighted by Gasteiger charge is 2.10. The summed E-state index contributed by atoms with van der Waals surface area (Å²) in [5.41, 5.74) is 1.29. The quantitative estimate of drug-likeness (QED) is 0.883. The molecule has 0 radical (unpaired) electrons. The first-order valence-electron chi connectivity index (χ1n) is 5.45. The number of amides is 1. The number of thiazole rings is 1. The number of aromatic carboxylic acids is 1. The molecular formula is C12H11N3O3S. The summed E-state index contributed by atoms with van der Waals surface area (Å²) in [6, 6.07) is 3.43. The Morgan fingerprint density at radius 3 is 2.79 bits per heavy atom. The first-order chi connectivity index (χ1) is 9.06. The standard InChI is InChI=1S/C12H11N3O3S/c1-7-2-3-8(4-13-7)11(16)14-5-10-15-9(6-19-10)12(17)18/h2-4,6H,5H2,1H3,(H,14,16)(H,17,18). The third-order valence-corrected chi connectivity index (χ3v) is 3.19. The Morgan fingerprint density at radius 1 is 1.42 bits per heavy atom. The fourth-order valence-electron chi connectivity index (χ4n) is 1.35. The number of hydrogen-bond acceptors (Lipinski definition) is 5. The van der Waals surface area contributed by atoms with Crippen molar-refractivity contribution < 1.29 is 14.7 Å². The summed E-state index contributed by atoms with van der Waals surface area (Å²) >= 11 is 1.20. The molecule has 98 valence electrons. The molecule has 2 N–H and O–H groups in total. The van der Waals surface area contributed by atoms with Crippen molar-refractivity contribution in [2.24, 2.45) is 0 Å². The zero-order valence-corrected chi connectivity index (χ0v) is 10.9. The van der Waals surface area contributed by atoms with Crippen molar-refractivity contribution in [3.05, 3.63) is 45.7 Å². The van der Waals surface area contributed by atoms with E-state index in [1.54, 1.807) is 12.1 Å². The summed E-state index contributed by atoms with van der Waals surface area (Å²) in [4.78, 5) is 30.3. The van der Waals surface area contributed by atoms with Gasteiger partial charge in [0.05, 0.1) is 12.1 Å². The van der Waals surface area contributed by atoms with E-state index in [4.69, 9.17) is 5.11 Å². The van der Waals surface area contributed by atoms with E-state index < -0.39 is 5.97 Å². The monoisotopic (exact) mass is 277 g/mol. The van der Waals surface area contributed by atoms with Crippen LogP contribution in [0.4, 0.5) is 0 Å². The Balaban J connectivity index is 1.96. The lowest BCUT2D eigenvalue weighted by molar-refractivity contribution is 0.0691. The largest absolute Gasteiger partial charge is 0.476 e. The van der Waals surface area contributed by atoms with E-state index in [1.807, 2.05) is 6.92 Å². The predicted octanol–water partition coefficient (Wildman–Crippen LogP) is 1.47. The maximum atomic E-state index is 11.8. The van der Waals surface area contributed by atoms with Gasteiger partial charge in [0.1, 0.15) is 5.01 Å². The normalized spacial score (nSPS) is 10.2. The first-order valence-corrected chi connectivity index (χ1v) is 6.33. The molecular weight excluding hydrogens is 266 g/mol. The zero-order chi connectivity index (χ0) is 13.8. The van der Waals surface area contributed by atoms with Crippen LogP contribution in [0.1, 0.15) is 31.5 Å². The van der Waals surface area contributed by atoms with Gasteiger partial charge >= 0.3 is 5.97 Å². The Morgan fingerprint density at radius 2 is 2.21 bits per heavy atom. The predicted molar refractivity (Wildman–Crippen MR) is 69.2 cm³/mol. The highest BCUT2D eigenvalue weighted by atomic mass is 32.1. The molecule has 2 aromatic heterocycles. The fourth-order valence-corrected chi connectivity index (χ4v) is 2.06. The minimum atomic E-state index is -1.07. The third-order valence-electron chi connectivity index (χ3n) is 2.34. The van der Waals surface area contributed by atoms with Crippen LogP contribution >= 0.6 is 11.3 Å². The number of nitrogens with one attached hydrogen (secondary N) is 1. The number of hydrogen-bond donors (Lipinski definition) is 2. The summed E-state index contributed by atoms with van der Waals surface area (Å²) in [5.74, 6) is -1.34. The summed E-state index contributed by atoms with van der Waals surface area (Å²) < 4.78 is 0. The molecule has 0 atom stereocenters. The van der Waals surface area contributed by atoms with E-state index in [0.717, 1.165) is 5.69 Å². The second-order valence-electron chi connectivity index (χ2n) is 3.80. The lowest BCUT2D eigenvalue weighted by Gasteiger charge is -2.02. The molecule has 2 rings (SSSR count). The van der Waals surface area contributed by atoms with E-state index in [1.165, 1.54) is 22.9 Å². The van der Waals surface area contributed by atoms with Gasteiger partial charge in [0.15, 0.2) is 5.69 Å². The summed E-state index contributed by atoms with van der Waals surface area (Å²) in [7, 11) is 0. The molecule has 0 aliphatic rings. The van der Waals surface area contributed by atoms with Gasteiger partial charge in [-0.15, -0.1) is 11.3 Å². The Labute approximate surface area is 113 Å². The van der Waals surface area contributed by atoms with Crippen LogP contribution in [0.25, 0.3) is 0 Å². The van der Waals surface area contributed by atoms with Crippen LogP contribution in [0.3, 0.4) is 0 Å². The maximum absolute atomic E-state index is 11.8. The molecule has 7 heteroatoms. The number of nitrogens with zero attached hydrogens (tertiary/aromatic N) is 2. The van der Waals surface area contributed by atoms with E-state index >= 15 is 0 Å². The molecule has 0 saturated heterocycles. The van der Waals surface area contributed by atoms with Crippen molar-refractivity contribution in [2.45, 2.75) is 13.5 Å². The summed E-state index contributed by atoms with van der Waals surface area (Å²) in [6.45, 7) is 2.04. The van der Waals surface area contributed by atoms with Crippen molar-refractivity contribution in [3.63, 3.8) is 0 Å². The Kier molecular flexibility index (Phi) is 3.86. The number of carbonyl (C=O) groups is 2. The molecule has 0 saturated carbocycles. The van der Waals surface area contributed by atoms with Crippen LogP contribution in [0.15, 0.2) is 23.7 Å². The van der Waals surface area contributed by atoms with Crippen molar-refractivity contribution in [3.8, 4) is 0 Å². The molecule has 1 amide bonds. The van der Waals surface area contributed by atoms with Gasteiger partial charge in [-0.1, -0.05) is 0 Å². The van der Waals surface area contributed by atoms with Crippen LogP contribution in [-0.4, -0.2) is 27.0 Å². The second kappa shape index (κ2) is 5.57. The molecule has 0 aromatic carbocycles. The van der Waals surface area contributed by atoms with Crippen molar-refractivity contribution in [2.75, 3.05) is 0 Å². The second-order valence-corrected chi connectivity index (χ2v) is 4.75. The van der Waals surface area contributed by atoms with Crippen molar-refractivity contribution in [1.29, 1.82) is 0 Å². The van der Waals surface area contributed by atoms with Gasteiger partial charge in [0, 0.05) is 17.3 Å². The van der Waals surface area contributed by atoms with Crippen LogP contribution in [0, 0.1) is 6.92 Å². The van der Waals surface area contributed by atoms with Crippen LogP contribution in [0.2, 0.25) is 0 Å². The van der Waals surface area contributed by atoms with Crippen molar-refractivity contribution >= 4 is 23.2 Å². The minimum Gasteiger partial charge on any atom is -0.476 e. The average Bonchev–Trinajstić information content (AvgIpc) is 2.86. The van der Waals surface area contributed by atoms with Crippen LogP contribution < -0.4 is 5.32 Å². The highest BCUT2D eigenvalue weighted by Crippen LogP contribution is 2.09. The maximum Gasteiger partial charge on any atom is 0.355 e. The number of carbonyl (C=O) groups excluding carboxylic acids is 1. The van der Waals surface area contributed by atoms with E-state index in [9.17, 15) is 9.59 Å². The Bertz CT molecular complexity index is 607. The third kappa shape index (κ3) is 3.35. The lowest BCUT2D eigenvalue weighted by atomic mass is 10.2. The van der Waals surface area contributed by atoms with Crippen LogP contribution in [0.5, 0.6) is 0 Å². The smallest absolute Gasteiger partial charge is 0.355 e. The molecule has 0 spiro atoms. The molecule has 0 aliphatic carbocycles. The number of rotatable bonds is 4. The molecule has 0 bridgehead atoms. The number of carboxylic acids is 1. The van der Waals surface area contributed by atoms with Crippen LogP contribution in [-0.2, 0) is 6.54 Å². The summed E-state index contributed by atoms with van der Waals surface area (Å²) in [5, 5.41) is 13.4. The van der Waals surface area contributed by atoms with Crippen molar-refractivity contribution in [1.82, 2.24) is 15.3 Å². The van der Waals surface area contributed by atoms with E-state index in [-0.39, 0.29) is 18.1 Å². The first kappa shape index (κ1) is 13.2. The molecule has 2 heterocycles. The number of aryl methyl sites for hydroxylation is 1. The van der Waals surface area contributed by atoms with E-state index in [2.05, 4.69) is 15.3 Å². The topological polar surface area (TPSA) is 92.2 Å². The molecule has 6 nitrogen and oxygen atoms in total. The molecule has 2 aromatic rings. The number of aromatic nitrogens is 2. The highest BCUT2D eigenvalue weighted by molar-refractivity contribution is 7.09. The van der Waals surface area contributed by atoms with Gasteiger partial charge < -0.3 is 10.4 Å². The van der Waals surface area contributed by atoms with Gasteiger partial charge in [-0.05, 0) is 19.1 Å². The lowest BCUT2D eigenvalue weighted by Crippen LogP contribution is -2.22. The van der Waals surface area contributed by atoms with Gasteiger partial charge in [0.2, 0.25) is 0 Å². The molecule has 0 aliphatic heterocycles. The SMILES string of the molecule is Cc1ccc(C(=O)NCc2nc(C(=O)O)cs2)cn1. The molecule has 0 fully saturated rings. The number of carboxylic acid groups (broad SMARTS) is 1. The van der Waals surface area contributed by atoms with Gasteiger partial charge in [-0.2, -0.15) is 0 Å². The molecule has 0 unspecified atom stereocenters. The van der Waals surface area contributed by atoms with E-state index in [0.29, 0.717) is 10.6 Å².